The lowest BCUT2D eigenvalue weighted by molar-refractivity contribution is -0.142. The summed E-state index contributed by atoms with van der Waals surface area (Å²) in [5.41, 5.74) is 1.18. The number of hydrogen-bond donors (Lipinski definition) is 1. The van der Waals surface area contributed by atoms with Crippen LogP contribution in [0.15, 0.2) is 30.3 Å². The van der Waals surface area contributed by atoms with Crippen molar-refractivity contribution in [2.75, 3.05) is 32.7 Å². The normalized spacial score (nSPS) is 17.2. The molecule has 1 unspecified atom stereocenters. The predicted molar refractivity (Wildman–Crippen MR) is 84.6 cm³/mol. The molecule has 0 radical (unpaired) electrons. The molecule has 0 aliphatic carbocycles. The van der Waals surface area contributed by atoms with E-state index in [1.54, 1.807) is 6.92 Å². The second-order valence-electron chi connectivity index (χ2n) is 5.91. The van der Waals surface area contributed by atoms with Crippen LogP contribution in [0.2, 0.25) is 0 Å². The fourth-order valence-electron chi connectivity index (χ4n) is 2.70. The van der Waals surface area contributed by atoms with Crippen molar-refractivity contribution in [3.05, 3.63) is 35.9 Å². The monoisotopic (exact) mass is 304 g/mol. The fourth-order valence-corrected chi connectivity index (χ4v) is 2.70. The zero-order chi connectivity index (χ0) is 15.9. The summed E-state index contributed by atoms with van der Waals surface area (Å²) < 4.78 is 0. The van der Waals surface area contributed by atoms with Crippen LogP contribution in [0.5, 0.6) is 0 Å². The molecule has 1 aliphatic rings. The number of carboxylic acids is 1. The molecule has 0 bridgehead atoms. The maximum absolute atomic E-state index is 12.2. The van der Waals surface area contributed by atoms with Gasteiger partial charge in [-0.05, 0) is 12.0 Å². The highest BCUT2D eigenvalue weighted by Gasteiger charge is 2.23. The van der Waals surface area contributed by atoms with Gasteiger partial charge in [-0.15, -0.1) is 0 Å². The minimum absolute atomic E-state index is 0.190. The van der Waals surface area contributed by atoms with Crippen LogP contribution in [0.25, 0.3) is 0 Å². The first-order valence-electron chi connectivity index (χ1n) is 7.83. The number of piperazine rings is 1. The highest BCUT2D eigenvalue weighted by molar-refractivity contribution is 5.76. The number of aryl methyl sites for hydroxylation is 1. The average molecular weight is 304 g/mol. The summed E-state index contributed by atoms with van der Waals surface area (Å²) in [5.74, 6) is -0.934. The van der Waals surface area contributed by atoms with E-state index in [2.05, 4.69) is 4.90 Å². The Hall–Kier alpha value is -1.88. The topological polar surface area (TPSA) is 60.9 Å². The Labute approximate surface area is 131 Å². The molecule has 1 fully saturated rings. The minimum atomic E-state index is -0.763. The second-order valence-corrected chi connectivity index (χ2v) is 5.91. The van der Waals surface area contributed by atoms with Crippen LogP contribution in [-0.4, -0.2) is 59.5 Å². The van der Waals surface area contributed by atoms with Crippen molar-refractivity contribution in [2.45, 2.75) is 19.8 Å². The largest absolute Gasteiger partial charge is 0.481 e. The van der Waals surface area contributed by atoms with Crippen molar-refractivity contribution >= 4 is 11.9 Å². The Kier molecular flexibility index (Phi) is 5.95. The molecule has 22 heavy (non-hydrogen) atoms. The number of benzene rings is 1. The van der Waals surface area contributed by atoms with Crippen molar-refractivity contribution in [1.82, 2.24) is 9.80 Å². The van der Waals surface area contributed by atoms with Gasteiger partial charge in [-0.1, -0.05) is 37.3 Å². The molecule has 120 valence electrons. The predicted octanol–water partition coefficient (Wildman–Crippen LogP) is 1.48. The molecule has 2 rings (SSSR count). The Balaban J connectivity index is 1.72. The van der Waals surface area contributed by atoms with E-state index >= 15 is 0 Å². The molecular formula is C17H24N2O3. The lowest BCUT2D eigenvalue weighted by atomic mass is 10.1. The second kappa shape index (κ2) is 7.94. The van der Waals surface area contributed by atoms with Crippen molar-refractivity contribution in [2.24, 2.45) is 5.92 Å². The number of carbonyl (C=O) groups excluding carboxylic acids is 1. The third-order valence-corrected chi connectivity index (χ3v) is 4.15. The number of hydrogen-bond acceptors (Lipinski definition) is 3. The number of amides is 1. The number of carboxylic acid groups (broad SMARTS) is 1. The van der Waals surface area contributed by atoms with Crippen LogP contribution >= 0.6 is 0 Å². The molecule has 1 N–H and O–H groups in total. The maximum Gasteiger partial charge on any atom is 0.307 e. The van der Waals surface area contributed by atoms with E-state index in [0.29, 0.717) is 26.1 Å². The average Bonchev–Trinajstić information content (AvgIpc) is 2.54. The number of aliphatic carboxylic acids is 1. The van der Waals surface area contributed by atoms with Crippen LogP contribution in [0.3, 0.4) is 0 Å². The lowest BCUT2D eigenvalue weighted by Gasteiger charge is -2.35. The van der Waals surface area contributed by atoms with E-state index < -0.39 is 5.97 Å². The summed E-state index contributed by atoms with van der Waals surface area (Å²) in [5, 5.41) is 8.94. The third kappa shape index (κ3) is 4.84. The van der Waals surface area contributed by atoms with Gasteiger partial charge in [-0.2, -0.15) is 0 Å². The van der Waals surface area contributed by atoms with Gasteiger partial charge >= 0.3 is 5.97 Å². The Morgan fingerprint density at radius 3 is 2.36 bits per heavy atom. The third-order valence-electron chi connectivity index (χ3n) is 4.15. The van der Waals surface area contributed by atoms with Gasteiger partial charge in [0.05, 0.1) is 5.92 Å². The summed E-state index contributed by atoms with van der Waals surface area (Å²) in [6.45, 7) is 5.18. The molecule has 1 amide bonds. The number of carbonyl (C=O) groups is 2. The molecule has 0 saturated carbocycles. The molecule has 1 aromatic carbocycles. The molecule has 1 aromatic rings. The van der Waals surface area contributed by atoms with Crippen molar-refractivity contribution in [1.29, 1.82) is 0 Å². The van der Waals surface area contributed by atoms with E-state index in [-0.39, 0.29) is 11.8 Å². The highest BCUT2D eigenvalue weighted by Crippen LogP contribution is 2.09. The summed E-state index contributed by atoms with van der Waals surface area (Å²) >= 11 is 0. The van der Waals surface area contributed by atoms with E-state index in [1.807, 2.05) is 35.2 Å². The smallest absolute Gasteiger partial charge is 0.307 e. The van der Waals surface area contributed by atoms with Gasteiger partial charge in [0.25, 0.3) is 0 Å². The highest BCUT2D eigenvalue weighted by atomic mass is 16.4. The molecule has 0 spiro atoms. The molecule has 5 nitrogen and oxygen atoms in total. The first kappa shape index (κ1) is 16.5. The van der Waals surface area contributed by atoms with E-state index in [1.165, 1.54) is 5.56 Å². The van der Waals surface area contributed by atoms with E-state index in [9.17, 15) is 9.59 Å². The standard InChI is InChI=1S/C17H24N2O3/c1-14(17(21)22)13-18-9-11-19(12-10-18)16(20)8-7-15-5-3-2-4-6-15/h2-6,14H,7-13H2,1H3,(H,21,22). The summed E-state index contributed by atoms with van der Waals surface area (Å²) in [4.78, 5) is 27.1. The van der Waals surface area contributed by atoms with Crippen LogP contribution < -0.4 is 0 Å². The zero-order valence-corrected chi connectivity index (χ0v) is 13.1. The Morgan fingerprint density at radius 1 is 1.14 bits per heavy atom. The quantitative estimate of drug-likeness (QED) is 0.865. The lowest BCUT2D eigenvalue weighted by Crippen LogP contribution is -2.50. The zero-order valence-electron chi connectivity index (χ0n) is 13.1. The van der Waals surface area contributed by atoms with Crippen LogP contribution in [-0.2, 0) is 16.0 Å². The molecule has 1 saturated heterocycles. The van der Waals surface area contributed by atoms with Gasteiger partial charge in [0, 0.05) is 39.1 Å². The van der Waals surface area contributed by atoms with Gasteiger partial charge in [-0.25, -0.2) is 0 Å². The molecule has 0 aromatic heterocycles. The maximum atomic E-state index is 12.2. The van der Waals surface area contributed by atoms with Crippen LogP contribution in [0.4, 0.5) is 0 Å². The van der Waals surface area contributed by atoms with Crippen LogP contribution in [0, 0.1) is 5.92 Å². The van der Waals surface area contributed by atoms with E-state index in [0.717, 1.165) is 19.5 Å². The summed E-state index contributed by atoms with van der Waals surface area (Å²) in [6.07, 6.45) is 1.31. The minimum Gasteiger partial charge on any atom is -0.481 e. The number of rotatable bonds is 6. The molecule has 1 aliphatic heterocycles. The van der Waals surface area contributed by atoms with Gasteiger partial charge in [0.1, 0.15) is 0 Å². The first-order valence-corrected chi connectivity index (χ1v) is 7.83. The van der Waals surface area contributed by atoms with Gasteiger partial charge in [0.15, 0.2) is 0 Å². The summed E-state index contributed by atoms with van der Waals surface area (Å²) in [6, 6.07) is 10.0. The van der Waals surface area contributed by atoms with Crippen molar-refractivity contribution in [3.8, 4) is 0 Å². The SMILES string of the molecule is CC(CN1CCN(C(=O)CCc2ccccc2)CC1)C(=O)O. The van der Waals surface area contributed by atoms with Crippen LogP contribution in [0.1, 0.15) is 18.9 Å². The van der Waals surface area contributed by atoms with Gasteiger partial charge in [-0.3, -0.25) is 14.5 Å². The van der Waals surface area contributed by atoms with Gasteiger partial charge in [0.2, 0.25) is 5.91 Å². The van der Waals surface area contributed by atoms with Crippen molar-refractivity contribution < 1.29 is 14.7 Å². The molecule has 5 heteroatoms. The fraction of sp³-hybridized carbons (Fsp3) is 0.529. The molecule has 1 heterocycles. The molecular weight excluding hydrogens is 280 g/mol. The summed E-state index contributed by atoms with van der Waals surface area (Å²) in [7, 11) is 0. The van der Waals surface area contributed by atoms with Crippen molar-refractivity contribution in [3.63, 3.8) is 0 Å². The number of nitrogens with zero attached hydrogens (tertiary/aromatic N) is 2. The molecule has 1 atom stereocenters. The van der Waals surface area contributed by atoms with E-state index in [4.69, 9.17) is 5.11 Å². The van der Waals surface area contributed by atoms with Gasteiger partial charge < -0.3 is 10.0 Å². The Bertz CT molecular complexity index is 496. The first-order chi connectivity index (χ1) is 10.6. The Morgan fingerprint density at radius 2 is 1.77 bits per heavy atom.